The van der Waals surface area contributed by atoms with Gasteiger partial charge >= 0.3 is 0 Å². The lowest BCUT2D eigenvalue weighted by Crippen LogP contribution is -3.00. The second kappa shape index (κ2) is 18.1. The number of halogens is 1. The molecule has 136 valence electrons. The topological polar surface area (TPSA) is 0 Å². The number of hydrogen-bond donors (Lipinski definition) is 0. The van der Waals surface area contributed by atoms with Gasteiger partial charge in [-0.15, -0.1) is 11.8 Å². The molecule has 0 aliphatic carbocycles. The minimum absolute atomic E-state index is 0. The van der Waals surface area contributed by atoms with Crippen LogP contribution in [-0.4, -0.2) is 36.8 Å². The molecule has 0 aliphatic rings. The second-order valence-electron chi connectivity index (χ2n) is 7.23. The molecule has 0 N–H and O–H groups in total. The predicted molar refractivity (Wildman–Crippen MR) is 101 cm³/mol. The predicted octanol–water partition coefficient (Wildman–Crippen LogP) is 3.48. The molecule has 0 aromatic heterocycles. The standard InChI is InChI=1S/C19H42NS.BrH/c1-5-7-9-10-11-12-13-14-15-16-17-20(3,4)19-21-18-8-6-2;/h5-19H2,1-4H3;1H/q+1;/p-1. The second-order valence-corrected chi connectivity index (χ2v) is 8.31. The van der Waals surface area contributed by atoms with Crippen molar-refractivity contribution in [3.8, 4) is 0 Å². The normalized spacial score (nSPS) is 11.5. The molecule has 0 radical (unpaired) electrons. The lowest BCUT2D eigenvalue weighted by Gasteiger charge is -2.29. The molecule has 0 aromatic carbocycles. The molecule has 0 bridgehead atoms. The molecule has 22 heavy (non-hydrogen) atoms. The Morgan fingerprint density at radius 3 is 1.59 bits per heavy atom. The van der Waals surface area contributed by atoms with Gasteiger partial charge in [0.25, 0.3) is 0 Å². The fraction of sp³-hybridized carbons (Fsp3) is 1.00. The molecule has 0 heterocycles. The molecule has 0 saturated heterocycles. The molecule has 0 fully saturated rings. The number of thioether (sulfide) groups is 1. The first-order valence-corrected chi connectivity index (χ1v) is 10.7. The quantitative estimate of drug-likeness (QED) is 0.219. The Morgan fingerprint density at radius 2 is 1.09 bits per heavy atom. The summed E-state index contributed by atoms with van der Waals surface area (Å²) in [5.41, 5.74) is 0. The van der Waals surface area contributed by atoms with Crippen molar-refractivity contribution in [1.82, 2.24) is 0 Å². The molecule has 0 aromatic rings. The molecule has 1 nitrogen and oxygen atoms in total. The van der Waals surface area contributed by atoms with E-state index >= 15 is 0 Å². The minimum atomic E-state index is 0. The van der Waals surface area contributed by atoms with E-state index in [-0.39, 0.29) is 17.0 Å². The summed E-state index contributed by atoms with van der Waals surface area (Å²) in [6.45, 7) is 5.93. The average molecular weight is 397 g/mol. The monoisotopic (exact) mass is 395 g/mol. The van der Waals surface area contributed by atoms with E-state index in [0.29, 0.717) is 0 Å². The van der Waals surface area contributed by atoms with Gasteiger partial charge in [0, 0.05) is 0 Å². The van der Waals surface area contributed by atoms with E-state index in [2.05, 4.69) is 39.7 Å². The van der Waals surface area contributed by atoms with Gasteiger partial charge in [-0.1, -0.05) is 71.6 Å². The van der Waals surface area contributed by atoms with Gasteiger partial charge in [-0.05, 0) is 25.0 Å². The molecule has 0 rings (SSSR count). The van der Waals surface area contributed by atoms with Crippen LogP contribution in [-0.2, 0) is 0 Å². The van der Waals surface area contributed by atoms with Crippen LogP contribution in [0.15, 0.2) is 0 Å². The molecule has 0 saturated carbocycles. The zero-order chi connectivity index (χ0) is 15.8. The van der Waals surface area contributed by atoms with Crippen LogP contribution in [0.25, 0.3) is 0 Å². The molecule has 0 aliphatic heterocycles. The zero-order valence-electron chi connectivity index (χ0n) is 15.8. The van der Waals surface area contributed by atoms with Crippen LogP contribution in [0.2, 0.25) is 0 Å². The van der Waals surface area contributed by atoms with Crippen LogP contribution in [0.3, 0.4) is 0 Å². The summed E-state index contributed by atoms with van der Waals surface area (Å²) in [4.78, 5) is 0. The van der Waals surface area contributed by atoms with Gasteiger partial charge in [0.15, 0.2) is 0 Å². The van der Waals surface area contributed by atoms with E-state index < -0.39 is 0 Å². The highest BCUT2D eigenvalue weighted by molar-refractivity contribution is 7.99. The Kier molecular flexibility index (Phi) is 20.6. The molecule has 0 amide bonds. The van der Waals surface area contributed by atoms with E-state index in [4.69, 9.17) is 0 Å². The summed E-state index contributed by atoms with van der Waals surface area (Å²) in [6, 6.07) is 0. The van der Waals surface area contributed by atoms with Gasteiger partial charge in [0.2, 0.25) is 0 Å². The number of nitrogens with zero attached hydrogens (tertiary/aromatic N) is 1. The van der Waals surface area contributed by atoms with Crippen molar-refractivity contribution in [2.45, 2.75) is 90.9 Å². The Balaban J connectivity index is 0. The molecule has 3 heteroatoms. The third kappa shape index (κ3) is 18.8. The van der Waals surface area contributed by atoms with Gasteiger partial charge in [-0.25, -0.2) is 0 Å². The maximum Gasteiger partial charge on any atom is 0.125 e. The number of hydrogen-bond acceptors (Lipinski definition) is 1. The Bertz CT molecular complexity index is 210. The van der Waals surface area contributed by atoms with Gasteiger partial charge in [0.05, 0.1) is 20.6 Å². The van der Waals surface area contributed by atoms with Crippen LogP contribution in [0.5, 0.6) is 0 Å². The Morgan fingerprint density at radius 1 is 0.636 bits per heavy atom. The average Bonchev–Trinajstić information content (AvgIpc) is 2.45. The van der Waals surface area contributed by atoms with Gasteiger partial charge in [0.1, 0.15) is 5.88 Å². The van der Waals surface area contributed by atoms with Crippen molar-refractivity contribution in [3.63, 3.8) is 0 Å². The van der Waals surface area contributed by atoms with Crippen LogP contribution in [0, 0.1) is 0 Å². The first-order valence-electron chi connectivity index (χ1n) is 9.52. The van der Waals surface area contributed by atoms with E-state index in [1.165, 1.54) is 99.7 Å². The van der Waals surface area contributed by atoms with Crippen molar-refractivity contribution in [2.75, 3.05) is 32.3 Å². The molecule has 0 atom stereocenters. The Hall–Kier alpha value is 0.790. The summed E-state index contributed by atoms with van der Waals surface area (Å²) in [5, 5.41) is 0. The first-order chi connectivity index (χ1) is 10.1. The van der Waals surface area contributed by atoms with Crippen molar-refractivity contribution in [2.24, 2.45) is 0 Å². The maximum atomic E-state index is 2.40. The molecule has 0 spiro atoms. The van der Waals surface area contributed by atoms with Gasteiger partial charge in [-0.3, -0.25) is 0 Å². The SMILES string of the molecule is CCCCCCCCCCCC[N+](C)(C)CSCCCC.[Br-]. The van der Waals surface area contributed by atoms with Crippen LogP contribution in [0.1, 0.15) is 90.9 Å². The fourth-order valence-corrected chi connectivity index (χ4v) is 3.90. The summed E-state index contributed by atoms with van der Waals surface area (Å²) < 4.78 is 1.20. The zero-order valence-corrected chi connectivity index (χ0v) is 18.2. The van der Waals surface area contributed by atoms with Crippen molar-refractivity contribution >= 4 is 11.8 Å². The molecule has 0 unspecified atom stereocenters. The van der Waals surface area contributed by atoms with E-state index in [1.54, 1.807) is 0 Å². The lowest BCUT2D eigenvalue weighted by atomic mass is 10.1. The van der Waals surface area contributed by atoms with Crippen LogP contribution < -0.4 is 17.0 Å². The van der Waals surface area contributed by atoms with Crippen molar-refractivity contribution < 1.29 is 21.5 Å². The number of quaternary nitrogens is 1. The Labute approximate surface area is 156 Å². The van der Waals surface area contributed by atoms with Gasteiger partial charge in [-0.2, -0.15) is 0 Å². The van der Waals surface area contributed by atoms with Crippen LogP contribution in [0.4, 0.5) is 0 Å². The molecular formula is C19H42BrNS. The molecular weight excluding hydrogens is 354 g/mol. The minimum Gasteiger partial charge on any atom is -1.00 e. The van der Waals surface area contributed by atoms with E-state index in [0.717, 1.165) is 0 Å². The summed E-state index contributed by atoms with van der Waals surface area (Å²) >= 11 is 2.14. The largest absolute Gasteiger partial charge is 1.00 e. The number of rotatable bonds is 16. The highest BCUT2D eigenvalue weighted by Gasteiger charge is 2.13. The third-order valence-corrected chi connectivity index (χ3v) is 5.66. The van der Waals surface area contributed by atoms with Crippen LogP contribution >= 0.6 is 11.8 Å². The van der Waals surface area contributed by atoms with Crippen molar-refractivity contribution in [3.05, 3.63) is 0 Å². The van der Waals surface area contributed by atoms with Crippen molar-refractivity contribution in [1.29, 1.82) is 0 Å². The van der Waals surface area contributed by atoms with Gasteiger partial charge < -0.3 is 21.5 Å². The lowest BCUT2D eigenvalue weighted by molar-refractivity contribution is -0.877. The summed E-state index contributed by atoms with van der Waals surface area (Å²) in [7, 11) is 4.79. The van der Waals surface area contributed by atoms with E-state index in [1.807, 2.05) is 0 Å². The highest BCUT2D eigenvalue weighted by atomic mass is 79.9. The van der Waals surface area contributed by atoms with E-state index in [9.17, 15) is 0 Å². The summed E-state index contributed by atoms with van der Waals surface area (Å²) in [6.07, 6.45) is 17.1. The highest BCUT2D eigenvalue weighted by Crippen LogP contribution is 2.14. The smallest absolute Gasteiger partial charge is 0.125 e. The summed E-state index contributed by atoms with van der Waals surface area (Å²) in [5.74, 6) is 2.63. The first kappa shape index (κ1) is 25.0. The number of unbranched alkanes of at least 4 members (excludes halogenated alkanes) is 10. The maximum absolute atomic E-state index is 2.40. The fourth-order valence-electron chi connectivity index (χ4n) is 2.65. The third-order valence-electron chi connectivity index (χ3n) is 4.20.